The van der Waals surface area contributed by atoms with Gasteiger partial charge in [0.25, 0.3) is 0 Å². The van der Waals surface area contributed by atoms with Gasteiger partial charge in [-0.25, -0.2) is 0 Å². The molecule has 0 saturated heterocycles. The summed E-state index contributed by atoms with van der Waals surface area (Å²) in [5.74, 6) is 2.01. The lowest BCUT2D eigenvalue weighted by atomic mass is 9.66. The quantitative estimate of drug-likeness (QED) is 0.553. The molecule has 1 aliphatic heterocycles. The number of para-hydroxylation sites is 2. The van der Waals surface area contributed by atoms with Crippen molar-refractivity contribution < 1.29 is 4.74 Å². The SMILES string of the molecule is CC1=C(C)C2(CC1(C)C)c1ccccc1Oc1ccccc12. The van der Waals surface area contributed by atoms with Gasteiger partial charge in [0, 0.05) is 16.5 Å². The average molecular weight is 290 g/mol. The maximum atomic E-state index is 6.19. The molecule has 22 heavy (non-hydrogen) atoms. The molecule has 1 spiro atoms. The van der Waals surface area contributed by atoms with E-state index in [2.05, 4.69) is 76.2 Å². The highest BCUT2D eigenvalue weighted by Gasteiger charge is 2.52. The van der Waals surface area contributed by atoms with Gasteiger partial charge in [-0.2, -0.15) is 0 Å². The third kappa shape index (κ3) is 1.54. The maximum Gasteiger partial charge on any atom is 0.131 e. The van der Waals surface area contributed by atoms with Crippen molar-refractivity contribution in [3.8, 4) is 11.5 Å². The zero-order valence-electron chi connectivity index (χ0n) is 13.7. The second-order valence-corrected chi connectivity index (χ2v) is 7.31. The van der Waals surface area contributed by atoms with Gasteiger partial charge in [-0.05, 0) is 37.8 Å². The van der Waals surface area contributed by atoms with Crippen molar-refractivity contribution in [2.75, 3.05) is 0 Å². The fourth-order valence-corrected chi connectivity index (χ4v) is 4.43. The van der Waals surface area contributed by atoms with Crippen LogP contribution in [-0.4, -0.2) is 0 Å². The van der Waals surface area contributed by atoms with Crippen molar-refractivity contribution in [2.24, 2.45) is 5.41 Å². The molecular weight excluding hydrogens is 268 g/mol. The Morgan fingerprint density at radius 2 is 1.27 bits per heavy atom. The Hall–Kier alpha value is -2.02. The minimum Gasteiger partial charge on any atom is -0.457 e. The lowest BCUT2D eigenvalue weighted by Gasteiger charge is -2.40. The summed E-state index contributed by atoms with van der Waals surface area (Å²) in [5.41, 5.74) is 5.80. The van der Waals surface area contributed by atoms with Crippen molar-refractivity contribution in [3.63, 3.8) is 0 Å². The highest BCUT2D eigenvalue weighted by molar-refractivity contribution is 5.65. The molecule has 4 rings (SSSR count). The number of ether oxygens (including phenoxy) is 1. The number of fused-ring (bicyclic) bond motifs is 4. The second kappa shape index (κ2) is 4.25. The Morgan fingerprint density at radius 3 is 1.73 bits per heavy atom. The van der Waals surface area contributed by atoms with Crippen LogP contribution in [0, 0.1) is 5.41 Å². The first-order valence-corrected chi connectivity index (χ1v) is 8.02. The first-order valence-electron chi connectivity index (χ1n) is 8.02. The van der Waals surface area contributed by atoms with E-state index in [-0.39, 0.29) is 10.8 Å². The monoisotopic (exact) mass is 290 g/mol. The molecule has 1 nitrogen and oxygen atoms in total. The fraction of sp³-hybridized carbons (Fsp3) is 0.333. The maximum absolute atomic E-state index is 6.19. The summed E-state index contributed by atoms with van der Waals surface area (Å²) in [6, 6.07) is 17.1. The summed E-state index contributed by atoms with van der Waals surface area (Å²) in [4.78, 5) is 0. The molecule has 1 heterocycles. The number of hydrogen-bond acceptors (Lipinski definition) is 1. The number of benzene rings is 2. The normalized spacial score (nSPS) is 20.5. The molecule has 2 aliphatic rings. The molecule has 2 aromatic rings. The van der Waals surface area contributed by atoms with Gasteiger partial charge in [0.1, 0.15) is 11.5 Å². The van der Waals surface area contributed by atoms with E-state index < -0.39 is 0 Å². The fourth-order valence-electron chi connectivity index (χ4n) is 4.43. The van der Waals surface area contributed by atoms with E-state index in [0.717, 1.165) is 17.9 Å². The summed E-state index contributed by atoms with van der Waals surface area (Å²) >= 11 is 0. The standard InChI is InChI=1S/C21H22O/c1-14-15(2)21(13-20(14,3)4)16-9-5-7-11-18(16)22-19-12-8-6-10-17(19)21/h5-12H,13H2,1-4H3. The molecular formula is C21H22O. The summed E-state index contributed by atoms with van der Waals surface area (Å²) < 4.78 is 6.19. The second-order valence-electron chi connectivity index (χ2n) is 7.31. The van der Waals surface area contributed by atoms with E-state index in [1.54, 1.807) is 0 Å². The third-order valence-electron chi connectivity index (χ3n) is 5.84. The van der Waals surface area contributed by atoms with Crippen LogP contribution in [0.3, 0.4) is 0 Å². The van der Waals surface area contributed by atoms with Crippen LogP contribution in [0.25, 0.3) is 0 Å². The van der Waals surface area contributed by atoms with Gasteiger partial charge in [-0.1, -0.05) is 61.4 Å². The molecule has 0 unspecified atom stereocenters. The lowest BCUT2D eigenvalue weighted by Crippen LogP contribution is -2.32. The Balaban J connectivity index is 2.09. The Kier molecular flexibility index (Phi) is 2.64. The number of hydrogen-bond donors (Lipinski definition) is 0. The predicted octanol–water partition coefficient (Wildman–Crippen LogP) is 5.84. The van der Waals surface area contributed by atoms with Gasteiger partial charge in [-0.3, -0.25) is 0 Å². The highest BCUT2D eigenvalue weighted by Crippen LogP contribution is 2.62. The topological polar surface area (TPSA) is 9.23 Å². The molecule has 2 aromatic carbocycles. The summed E-state index contributed by atoms with van der Waals surface area (Å²) in [7, 11) is 0. The van der Waals surface area contributed by atoms with Crippen molar-refractivity contribution in [3.05, 3.63) is 70.8 Å². The van der Waals surface area contributed by atoms with Crippen LogP contribution in [0.15, 0.2) is 59.7 Å². The van der Waals surface area contributed by atoms with Gasteiger partial charge in [-0.15, -0.1) is 0 Å². The van der Waals surface area contributed by atoms with E-state index >= 15 is 0 Å². The molecule has 0 bridgehead atoms. The van der Waals surface area contributed by atoms with Gasteiger partial charge >= 0.3 is 0 Å². The zero-order chi connectivity index (χ0) is 15.5. The lowest BCUT2D eigenvalue weighted by molar-refractivity contribution is 0.348. The van der Waals surface area contributed by atoms with Gasteiger partial charge in [0.05, 0.1) is 0 Å². The molecule has 0 aromatic heterocycles. The Morgan fingerprint density at radius 1 is 0.773 bits per heavy atom. The minimum atomic E-state index is -0.0426. The van der Waals surface area contributed by atoms with Crippen LogP contribution in [0.1, 0.15) is 45.2 Å². The molecule has 1 aliphatic carbocycles. The van der Waals surface area contributed by atoms with Crippen LogP contribution in [0.2, 0.25) is 0 Å². The Bertz CT molecular complexity index is 750. The number of rotatable bonds is 0. The van der Waals surface area contributed by atoms with Crippen LogP contribution >= 0.6 is 0 Å². The van der Waals surface area contributed by atoms with Crippen molar-refractivity contribution in [1.82, 2.24) is 0 Å². The van der Waals surface area contributed by atoms with Gasteiger partial charge < -0.3 is 4.74 Å². The van der Waals surface area contributed by atoms with Crippen LogP contribution in [0.4, 0.5) is 0 Å². The molecule has 112 valence electrons. The zero-order valence-corrected chi connectivity index (χ0v) is 13.7. The Labute approximate surface area is 132 Å². The average Bonchev–Trinajstić information content (AvgIpc) is 2.69. The third-order valence-corrected chi connectivity index (χ3v) is 5.84. The molecule has 0 atom stereocenters. The minimum absolute atomic E-state index is 0.0426. The number of allylic oxidation sites excluding steroid dienone is 2. The van der Waals surface area contributed by atoms with Crippen molar-refractivity contribution in [2.45, 2.75) is 39.5 Å². The molecule has 0 radical (unpaired) electrons. The summed E-state index contributed by atoms with van der Waals surface area (Å²) in [5, 5.41) is 0. The van der Waals surface area contributed by atoms with Crippen LogP contribution in [0.5, 0.6) is 11.5 Å². The van der Waals surface area contributed by atoms with Crippen molar-refractivity contribution in [1.29, 1.82) is 0 Å². The molecule has 1 heteroatoms. The first kappa shape index (κ1) is 13.6. The molecule has 0 N–H and O–H groups in total. The van der Waals surface area contributed by atoms with Crippen molar-refractivity contribution >= 4 is 0 Å². The van der Waals surface area contributed by atoms with Crippen LogP contribution < -0.4 is 4.74 Å². The molecule has 0 fully saturated rings. The summed E-state index contributed by atoms with van der Waals surface area (Å²) in [6.07, 6.45) is 1.11. The van der Waals surface area contributed by atoms with Crippen LogP contribution in [-0.2, 0) is 5.41 Å². The molecule has 0 saturated carbocycles. The highest BCUT2D eigenvalue weighted by atomic mass is 16.5. The molecule has 0 amide bonds. The largest absolute Gasteiger partial charge is 0.457 e. The van der Waals surface area contributed by atoms with E-state index in [1.165, 1.54) is 22.3 Å². The summed E-state index contributed by atoms with van der Waals surface area (Å²) in [6.45, 7) is 9.33. The van der Waals surface area contributed by atoms with Gasteiger partial charge in [0.2, 0.25) is 0 Å². The van der Waals surface area contributed by atoms with E-state index in [9.17, 15) is 0 Å². The van der Waals surface area contributed by atoms with E-state index in [1.807, 2.05) is 0 Å². The predicted molar refractivity (Wildman–Crippen MR) is 90.5 cm³/mol. The van der Waals surface area contributed by atoms with Gasteiger partial charge in [0.15, 0.2) is 0 Å². The van der Waals surface area contributed by atoms with E-state index in [0.29, 0.717) is 0 Å². The van der Waals surface area contributed by atoms with E-state index in [4.69, 9.17) is 4.74 Å². The smallest absolute Gasteiger partial charge is 0.131 e. The first-order chi connectivity index (χ1) is 10.5.